The van der Waals surface area contributed by atoms with Crippen molar-refractivity contribution in [2.24, 2.45) is 10.7 Å². The third-order valence-electron chi connectivity index (χ3n) is 5.47. The molecule has 0 aliphatic carbocycles. The van der Waals surface area contributed by atoms with Crippen molar-refractivity contribution >= 4 is 35.3 Å². The lowest BCUT2D eigenvalue weighted by Crippen LogP contribution is -2.30. The van der Waals surface area contributed by atoms with Crippen LogP contribution >= 0.6 is 0 Å². The highest BCUT2D eigenvalue weighted by molar-refractivity contribution is 6.01. The number of nitrogens with zero attached hydrogens (tertiary/aromatic N) is 2. The molecular weight excluding hydrogens is 422 g/mol. The first-order valence-electron chi connectivity index (χ1n) is 10.8. The topological polar surface area (TPSA) is 137 Å². The fourth-order valence-corrected chi connectivity index (χ4v) is 3.62. The number of carbonyl (C=O) groups is 3. The number of carbonyl (C=O) groups excluding carboxylic acids is 3. The number of aliphatic imine (C=N–C) groups is 1. The van der Waals surface area contributed by atoms with Gasteiger partial charge in [0.2, 0.25) is 11.8 Å². The van der Waals surface area contributed by atoms with Gasteiger partial charge in [0.1, 0.15) is 12.1 Å². The molecule has 2 aliphatic rings. The highest BCUT2D eigenvalue weighted by atomic mass is 16.3. The van der Waals surface area contributed by atoms with Gasteiger partial charge in [-0.3, -0.25) is 14.6 Å². The number of rotatable bonds is 7. The van der Waals surface area contributed by atoms with Gasteiger partial charge in [0, 0.05) is 49.9 Å². The van der Waals surface area contributed by atoms with Crippen LogP contribution in [-0.4, -0.2) is 49.2 Å². The van der Waals surface area contributed by atoms with Gasteiger partial charge in [-0.2, -0.15) is 0 Å². The van der Waals surface area contributed by atoms with Gasteiger partial charge in [-0.25, -0.2) is 0 Å². The summed E-state index contributed by atoms with van der Waals surface area (Å²) in [5.74, 6) is 0.456. The molecule has 2 amide bonds. The Morgan fingerprint density at radius 2 is 2.06 bits per heavy atom. The molecule has 0 fully saturated rings. The number of aldehydes is 1. The summed E-state index contributed by atoms with van der Waals surface area (Å²) in [5, 5.41) is 14.4. The maximum Gasteiger partial charge on any atom is 0.224 e. The van der Waals surface area contributed by atoms with Crippen LogP contribution in [-0.2, 0) is 33.9 Å². The van der Waals surface area contributed by atoms with Crippen LogP contribution in [0.25, 0.3) is 0 Å². The number of hydrogen-bond donors (Lipinski definition) is 4. The molecule has 2 aliphatic heterocycles. The summed E-state index contributed by atoms with van der Waals surface area (Å²) < 4.78 is 0. The maximum absolute atomic E-state index is 11.4. The van der Waals surface area contributed by atoms with Crippen molar-refractivity contribution in [2.45, 2.75) is 32.4 Å². The Morgan fingerprint density at radius 3 is 2.82 bits per heavy atom. The van der Waals surface area contributed by atoms with Crippen LogP contribution in [0.1, 0.15) is 35.1 Å². The van der Waals surface area contributed by atoms with E-state index in [1.54, 1.807) is 6.07 Å². The molecule has 2 aromatic carbocycles. The molecular formula is C24H29N5O4. The van der Waals surface area contributed by atoms with E-state index in [2.05, 4.69) is 15.6 Å². The fourth-order valence-electron chi connectivity index (χ4n) is 3.62. The van der Waals surface area contributed by atoms with Gasteiger partial charge in [-0.1, -0.05) is 6.07 Å². The van der Waals surface area contributed by atoms with E-state index in [1.807, 2.05) is 42.3 Å². The summed E-state index contributed by atoms with van der Waals surface area (Å²) in [4.78, 5) is 38.9. The second-order valence-electron chi connectivity index (χ2n) is 7.88. The highest BCUT2D eigenvalue weighted by Gasteiger charge is 2.16. The summed E-state index contributed by atoms with van der Waals surface area (Å²) in [6.45, 7) is 1.91. The first kappa shape index (κ1) is 23.9. The molecule has 9 nitrogen and oxygen atoms in total. The number of fused-ring (bicyclic) bond motifs is 2. The van der Waals surface area contributed by atoms with Gasteiger partial charge < -0.3 is 31.2 Å². The highest BCUT2D eigenvalue weighted by Crippen LogP contribution is 2.22. The number of anilines is 2. The van der Waals surface area contributed by atoms with E-state index >= 15 is 0 Å². The average molecular weight is 452 g/mol. The summed E-state index contributed by atoms with van der Waals surface area (Å²) in [5.41, 5.74) is 11.7. The summed E-state index contributed by atoms with van der Waals surface area (Å²) in [6, 6.07) is 11.6. The van der Waals surface area contributed by atoms with Gasteiger partial charge in [0.15, 0.2) is 0 Å². The molecule has 0 unspecified atom stereocenters. The number of aliphatic hydroxyl groups excluding tert-OH is 1. The Labute approximate surface area is 192 Å². The lowest BCUT2D eigenvalue weighted by atomic mass is 10.00. The Kier molecular flexibility index (Phi) is 8.15. The van der Waals surface area contributed by atoms with Crippen LogP contribution in [0.3, 0.4) is 0 Å². The third-order valence-corrected chi connectivity index (χ3v) is 5.47. The van der Waals surface area contributed by atoms with E-state index < -0.39 is 0 Å². The normalized spacial score (nSPS) is 13.5. The van der Waals surface area contributed by atoms with Crippen LogP contribution in [0.2, 0.25) is 0 Å². The first-order chi connectivity index (χ1) is 15.9. The average Bonchev–Trinajstić information content (AvgIpc) is 3.17. The fraction of sp³-hybridized carbons (Fsp3) is 0.333. The molecule has 33 heavy (non-hydrogen) atoms. The molecule has 0 spiro atoms. The number of nitrogens with one attached hydrogen (secondary N) is 2. The summed E-state index contributed by atoms with van der Waals surface area (Å²) in [7, 11) is 1.93. The smallest absolute Gasteiger partial charge is 0.224 e. The number of hydrogen-bond acceptors (Lipinski definition) is 7. The van der Waals surface area contributed by atoms with Crippen molar-refractivity contribution in [3.8, 4) is 0 Å². The zero-order valence-corrected chi connectivity index (χ0v) is 18.6. The molecule has 0 aromatic heterocycles. The van der Waals surface area contributed by atoms with Crippen molar-refractivity contribution in [2.75, 3.05) is 30.4 Å². The largest absolute Gasteiger partial charge is 0.395 e. The molecule has 0 saturated heterocycles. The summed E-state index contributed by atoms with van der Waals surface area (Å²) >= 11 is 0. The van der Waals surface area contributed by atoms with Crippen LogP contribution in [0.4, 0.5) is 11.4 Å². The van der Waals surface area contributed by atoms with E-state index in [0.29, 0.717) is 37.6 Å². The minimum Gasteiger partial charge on any atom is -0.395 e. The molecule has 5 N–H and O–H groups in total. The summed E-state index contributed by atoms with van der Waals surface area (Å²) in [6.07, 6.45) is 1.64. The van der Waals surface area contributed by atoms with Gasteiger partial charge >= 0.3 is 0 Å². The lowest BCUT2D eigenvalue weighted by Gasteiger charge is -2.22. The monoisotopic (exact) mass is 451 g/mol. The van der Waals surface area contributed by atoms with Crippen molar-refractivity contribution in [1.82, 2.24) is 5.32 Å². The van der Waals surface area contributed by atoms with Crippen LogP contribution in [0, 0.1) is 0 Å². The molecule has 2 aromatic rings. The van der Waals surface area contributed by atoms with Crippen molar-refractivity contribution < 1.29 is 19.5 Å². The Bertz CT molecular complexity index is 1070. The van der Waals surface area contributed by atoms with E-state index in [0.717, 1.165) is 28.7 Å². The predicted octanol–water partition coefficient (Wildman–Crippen LogP) is 1.11. The van der Waals surface area contributed by atoms with Crippen molar-refractivity contribution in [3.05, 3.63) is 58.7 Å². The van der Waals surface area contributed by atoms with Gasteiger partial charge in [0.25, 0.3) is 0 Å². The number of likely N-dealkylation sites (N-methyl/N-ethyl adjacent to an activating group) is 1. The van der Waals surface area contributed by atoms with Gasteiger partial charge in [0.05, 0.1) is 19.6 Å². The molecule has 174 valence electrons. The lowest BCUT2D eigenvalue weighted by molar-refractivity contribution is -0.121. The maximum atomic E-state index is 11.4. The SMILES string of the molecule is CN(CCO)c1ccc2c(c1)CC(=O)NC2.NC1=NCc2cc(NC(=O)CCC=O)ccc21. The van der Waals surface area contributed by atoms with Crippen LogP contribution in [0.15, 0.2) is 41.4 Å². The van der Waals surface area contributed by atoms with Crippen LogP contribution < -0.4 is 21.3 Å². The number of amides is 2. The van der Waals surface area contributed by atoms with Crippen LogP contribution in [0.5, 0.6) is 0 Å². The quantitative estimate of drug-likeness (QED) is 0.466. The van der Waals surface area contributed by atoms with E-state index in [1.165, 1.54) is 5.56 Å². The minimum absolute atomic E-state index is 0.0782. The van der Waals surface area contributed by atoms with E-state index in [9.17, 15) is 14.4 Å². The third kappa shape index (κ3) is 6.39. The molecule has 0 radical (unpaired) electrons. The minimum atomic E-state index is -0.163. The zero-order valence-electron chi connectivity index (χ0n) is 18.6. The number of amidine groups is 1. The van der Waals surface area contributed by atoms with E-state index in [-0.39, 0.29) is 31.3 Å². The molecule has 4 rings (SSSR count). The van der Waals surface area contributed by atoms with Crippen molar-refractivity contribution in [1.29, 1.82) is 0 Å². The first-order valence-corrected chi connectivity index (χ1v) is 10.8. The Morgan fingerprint density at radius 1 is 1.24 bits per heavy atom. The van der Waals surface area contributed by atoms with Crippen molar-refractivity contribution in [3.63, 3.8) is 0 Å². The second-order valence-corrected chi connectivity index (χ2v) is 7.88. The molecule has 0 bridgehead atoms. The number of nitrogens with two attached hydrogens (primary N) is 1. The molecule has 0 atom stereocenters. The zero-order chi connectivity index (χ0) is 23.8. The molecule has 2 heterocycles. The Hall–Kier alpha value is -3.72. The molecule has 0 saturated carbocycles. The molecule has 9 heteroatoms. The van der Waals surface area contributed by atoms with E-state index in [4.69, 9.17) is 10.8 Å². The number of benzene rings is 2. The second kappa shape index (κ2) is 11.2. The van der Waals surface area contributed by atoms with Gasteiger partial charge in [-0.05, 0) is 47.0 Å². The Balaban J connectivity index is 0.000000186. The number of aliphatic hydroxyl groups is 1. The van der Waals surface area contributed by atoms with Gasteiger partial charge in [-0.15, -0.1) is 0 Å². The predicted molar refractivity (Wildman–Crippen MR) is 127 cm³/mol. The standard InChI is InChI=1S/C12H13N3O2.C12H16N2O2/c13-12-10-4-3-9(6-8(10)7-14-12)15-11(17)2-1-5-16;1-14(4-5-15)11-3-2-9-8-13-12(16)7-10(9)6-11/h3-6H,1-2,7H2,(H2,13,14)(H,15,17);2-3,6,15H,4-5,7-8H2,1H3,(H,13,16).